The first kappa shape index (κ1) is 11.1. The molecule has 2 N–H and O–H groups in total. The quantitative estimate of drug-likeness (QED) is 0.800. The minimum Gasteiger partial charge on any atom is -0.481 e. The normalized spacial score (nSPS) is 25.3. The molecule has 0 amide bonds. The van der Waals surface area contributed by atoms with Crippen molar-refractivity contribution in [3.63, 3.8) is 0 Å². The van der Waals surface area contributed by atoms with Crippen molar-refractivity contribution in [2.75, 3.05) is 13.1 Å². The molecule has 16 heavy (non-hydrogen) atoms. The maximum Gasteiger partial charge on any atom is 0.307 e. The van der Waals surface area contributed by atoms with Gasteiger partial charge in [-0.05, 0) is 30.0 Å². The maximum atomic E-state index is 12.7. The van der Waals surface area contributed by atoms with Crippen molar-refractivity contribution < 1.29 is 14.3 Å². The smallest absolute Gasteiger partial charge is 0.307 e. The lowest BCUT2D eigenvalue weighted by Gasteiger charge is -2.27. The van der Waals surface area contributed by atoms with Gasteiger partial charge in [-0.3, -0.25) is 4.79 Å². The summed E-state index contributed by atoms with van der Waals surface area (Å²) in [4.78, 5) is 10.9. The molecule has 0 saturated carbocycles. The van der Waals surface area contributed by atoms with Crippen molar-refractivity contribution in [2.45, 2.75) is 12.3 Å². The van der Waals surface area contributed by atoms with Gasteiger partial charge in [0.1, 0.15) is 5.82 Å². The molecule has 1 aliphatic rings. The molecule has 0 aliphatic carbocycles. The van der Waals surface area contributed by atoms with Crippen LogP contribution in [0.4, 0.5) is 4.39 Å². The highest BCUT2D eigenvalue weighted by Crippen LogP contribution is 2.26. The molecule has 3 nitrogen and oxygen atoms in total. The number of hydrogen-bond donors (Lipinski definition) is 2. The van der Waals surface area contributed by atoms with Gasteiger partial charge in [0.05, 0.1) is 5.92 Å². The van der Waals surface area contributed by atoms with Crippen LogP contribution in [0.25, 0.3) is 0 Å². The third-order valence-corrected chi connectivity index (χ3v) is 3.04. The van der Waals surface area contributed by atoms with Gasteiger partial charge < -0.3 is 10.4 Å². The van der Waals surface area contributed by atoms with Gasteiger partial charge in [-0.25, -0.2) is 4.39 Å². The minimum absolute atomic E-state index is 0.162. The Balaban J connectivity index is 2.09. The zero-order chi connectivity index (χ0) is 11.5. The highest BCUT2D eigenvalue weighted by Gasteiger charge is 2.27. The van der Waals surface area contributed by atoms with Gasteiger partial charge in [-0.15, -0.1) is 0 Å². The van der Waals surface area contributed by atoms with Crippen molar-refractivity contribution in [2.24, 2.45) is 5.92 Å². The number of halogens is 1. The lowest BCUT2D eigenvalue weighted by atomic mass is 9.86. The molecule has 1 saturated heterocycles. The van der Waals surface area contributed by atoms with E-state index in [1.54, 1.807) is 12.1 Å². The van der Waals surface area contributed by atoms with Crippen molar-refractivity contribution in [1.82, 2.24) is 5.32 Å². The van der Waals surface area contributed by atoms with Crippen LogP contribution in [0.1, 0.15) is 17.9 Å². The highest BCUT2D eigenvalue weighted by atomic mass is 19.1. The monoisotopic (exact) mass is 223 g/mol. The van der Waals surface area contributed by atoms with Crippen molar-refractivity contribution >= 4 is 5.97 Å². The van der Waals surface area contributed by atoms with Gasteiger partial charge >= 0.3 is 5.97 Å². The molecule has 0 aromatic heterocycles. The Morgan fingerprint density at radius 3 is 2.62 bits per heavy atom. The Bertz CT molecular complexity index is 377. The summed E-state index contributed by atoms with van der Waals surface area (Å²) in [6.07, 6.45) is 0.619. The number of hydrogen-bond acceptors (Lipinski definition) is 2. The molecule has 86 valence electrons. The number of nitrogens with one attached hydrogen (secondary N) is 1. The number of carboxylic acids is 1. The molecular formula is C12H14FNO2. The van der Waals surface area contributed by atoms with Gasteiger partial charge in [0, 0.05) is 13.1 Å². The summed E-state index contributed by atoms with van der Waals surface area (Å²) >= 11 is 0. The van der Waals surface area contributed by atoms with Crippen LogP contribution in [0.3, 0.4) is 0 Å². The second-order valence-electron chi connectivity index (χ2n) is 4.18. The Morgan fingerprint density at radius 2 is 2.00 bits per heavy atom. The zero-order valence-electron chi connectivity index (χ0n) is 8.82. The molecule has 4 heteroatoms. The van der Waals surface area contributed by atoms with E-state index in [4.69, 9.17) is 5.11 Å². The third-order valence-electron chi connectivity index (χ3n) is 3.04. The predicted molar refractivity (Wildman–Crippen MR) is 57.8 cm³/mol. The molecule has 1 aromatic rings. The summed E-state index contributed by atoms with van der Waals surface area (Å²) in [5, 5.41) is 12.1. The summed E-state index contributed by atoms with van der Waals surface area (Å²) in [7, 11) is 0. The van der Waals surface area contributed by atoms with Crippen molar-refractivity contribution in [3.8, 4) is 0 Å². The summed E-state index contributed by atoms with van der Waals surface area (Å²) in [6.45, 7) is 1.28. The largest absolute Gasteiger partial charge is 0.481 e. The lowest BCUT2D eigenvalue weighted by molar-refractivity contribution is -0.142. The van der Waals surface area contributed by atoms with Crippen molar-refractivity contribution in [3.05, 3.63) is 35.6 Å². The summed E-state index contributed by atoms with van der Waals surface area (Å²) in [5.74, 6) is -1.21. The molecule has 1 aromatic carbocycles. The van der Waals surface area contributed by atoms with Crippen molar-refractivity contribution in [1.29, 1.82) is 0 Å². The van der Waals surface area contributed by atoms with Crippen LogP contribution in [0.2, 0.25) is 0 Å². The number of piperidine rings is 1. The maximum absolute atomic E-state index is 12.7. The molecule has 1 aliphatic heterocycles. The fraction of sp³-hybridized carbons (Fsp3) is 0.417. The number of carbonyl (C=O) groups is 1. The van der Waals surface area contributed by atoms with E-state index < -0.39 is 5.97 Å². The molecular weight excluding hydrogens is 209 g/mol. The fourth-order valence-corrected chi connectivity index (χ4v) is 2.12. The molecule has 2 rings (SSSR count). The second-order valence-corrected chi connectivity index (χ2v) is 4.18. The first-order chi connectivity index (χ1) is 7.66. The Labute approximate surface area is 93.3 Å². The van der Waals surface area contributed by atoms with Crippen LogP contribution in [0.5, 0.6) is 0 Å². The van der Waals surface area contributed by atoms with Crippen LogP contribution in [-0.2, 0) is 4.79 Å². The number of rotatable bonds is 2. The van der Waals surface area contributed by atoms with Gasteiger partial charge in [0.2, 0.25) is 0 Å². The zero-order valence-corrected chi connectivity index (χ0v) is 8.82. The third kappa shape index (κ3) is 2.39. The second kappa shape index (κ2) is 4.61. The van der Waals surface area contributed by atoms with Gasteiger partial charge in [-0.1, -0.05) is 12.1 Å². The van der Waals surface area contributed by atoms with E-state index in [9.17, 15) is 9.18 Å². The van der Waals surface area contributed by atoms with E-state index >= 15 is 0 Å². The van der Waals surface area contributed by atoms with E-state index in [1.165, 1.54) is 12.1 Å². The van der Waals surface area contributed by atoms with Gasteiger partial charge in [0.15, 0.2) is 0 Å². The van der Waals surface area contributed by atoms with Gasteiger partial charge in [-0.2, -0.15) is 0 Å². The lowest BCUT2D eigenvalue weighted by Crippen LogP contribution is -2.38. The van der Waals surface area contributed by atoms with E-state index in [0.29, 0.717) is 13.0 Å². The summed E-state index contributed by atoms with van der Waals surface area (Å²) in [5.41, 5.74) is 1.000. The van der Waals surface area contributed by atoms with Crippen LogP contribution in [0.15, 0.2) is 24.3 Å². The molecule has 0 radical (unpaired) electrons. The fourth-order valence-electron chi connectivity index (χ4n) is 2.12. The molecule has 0 unspecified atom stereocenters. The van der Waals surface area contributed by atoms with Crippen LogP contribution < -0.4 is 5.32 Å². The van der Waals surface area contributed by atoms with E-state index in [1.807, 2.05) is 0 Å². The predicted octanol–water partition coefficient (Wildman–Crippen LogP) is 1.60. The first-order valence-electron chi connectivity index (χ1n) is 5.36. The van der Waals surface area contributed by atoms with Crippen LogP contribution in [-0.4, -0.2) is 24.2 Å². The molecule has 0 bridgehead atoms. The Morgan fingerprint density at radius 1 is 1.31 bits per heavy atom. The Kier molecular flexibility index (Phi) is 3.19. The van der Waals surface area contributed by atoms with E-state index in [-0.39, 0.29) is 17.7 Å². The number of carboxylic acid groups (broad SMARTS) is 1. The number of benzene rings is 1. The standard InChI is InChI=1S/C12H14FNO2/c13-11-3-1-8(2-4-11)9-5-10(12(15)16)7-14-6-9/h1-4,9-10,14H,5-7H2,(H,15,16)/t9-,10+/m1/s1. The molecule has 1 fully saturated rings. The first-order valence-corrected chi connectivity index (χ1v) is 5.36. The SMILES string of the molecule is O=C(O)[C@@H]1CNC[C@H](c2ccc(F)cc2)C1. The summed E-state index contributed by atoms with van der Waals surface area (Å²) in [6, 6.07) is 6.29. The molecule has 0 spiro atoms. The molecule has 1 heterocycles. The van der Waals surface area contributed by atoms with E-state index in [2.05, 4.69) is 5.32 Å². The number of aliphatic carboxylic acids is 1. The topological polar surface area (TPSA) is 49.3 Å². The minimum atomic E-state index is -0.765. The van der Waals surface area contributed by atoms with E-state index in [0.717, 1.165) is 12.1 Å². The molecule has 2 atom stereocenters. The van der Waals surface area contributed by atoms with Crippen LogP contribution >= 0.6 is 0 Å². The van der Waals surface area contributed by atoms with Gasteiger partial charge in [0.25, 0.3) is 0 Å². The average Bonchev–Trinajstić information content (AvgIpc) is 2.30. The summed E-state index contributed by atoms with van der Waals surface area (Å²) < 4.78 is 12.7. The van der Waals surface area contributed by atoms with Crippen LogP contribution in [0, 0.1) is 11.7 Å². The highest BCUT2D eigenvalue weighted by molar-refractivity contribution is 5.70. The average molecular weight is 223 g/mol. The Hall–Kier alpha value is -1.42.